The summed E-state index contributed by atoms with van der Waals surface area (Å²) < 4.78 is 18.3. The molecule has 1 aliphatic rings. The van der Waals surface area contributed by atoms with E-state index in [0.717, 1.165) is 42.2 Å². The summed E-state index contributed by atoms with van der Waals surface area (Å²) in [6.07, 6.45) is 0. The molecule has 0 bridgehead atoms. The second-order valence-electron chi connectivity index (χ2n) is 3.96. The molecule has 0 aliphatic carbocycles. The highest BCUT2D eigenvalue weighted by atomic mass is 79.9. The number of nitrogens with zero attached hydrogens (tertiary/aromatic N) is 1. The van der Waals surface area contributed by atoms with Gasteiger partial charge in [0.2, 0.25) is 0 Å². The largest absolute Gasteiger partial charge is 0.611 e. The minimum atomic E-state index is -0.897. The number of morpholine rings is 1. The predicted molar refractivity (Wildman–Crippen MR) is 72.7 cm³/mol. The first kappa shape index (κ1) is 13.4. The summed E-state index contributed by atoms with van der Waals surface area (Å²) in [7, 11) is 0. The van der Waals surface area contributed by atoms with Crippen molar-refractivity contribution in [3.8, 4) is 0 Å². The van der Waals surface area contributed by atoms with Crippen LogP contribution in [0, 0.1) is 0 Å². The first-order valence-electron chi connectivity index (χ1n) is 5.70. The average Bonchev–Trinajstić information content (AvgIpc) is 2.38. The van der Waals surface area contributed by atoms with Crippen LogP contribution in [0.4, 0.5) is 0 Å². The second kappa shape index (κ2) is 6.75. The minimum Gasteiger partial charge on any atom is -0.611 e. The Kier molecular flexibility index (Phi) is 5.31. The van der Waals surface area contributed by atoms with Gasteiger partial charge in [0.15, 0.2) is 4.90 Å². The summed E-state index contributed by atoms with van der Waals surface area (Å²) >= 11 is 2.48. The zero-order valence-electron chi connectivity index (χ0n) is 9.60. The fraction of sp³-hybridized carbons (Fsp3) is 0.500. The first-order chi connectivity index (χ1) is 8.25. The van der Waals surface area contributed by atoms with Crippen LogP contribution in [0.25, 0.3) is 0 Å². The highest BCUT2D eigenvalue weighted by Crippen LogP contribution is 2.16. The lowest BCUT2D eigenvalue weighted by atomic mass is 10.4. The molecule has 1 saturated heterocycles. The van der Waals surface area contributed by atoms with Crippen molar-refractivity contribution in [2.75, 3.05) is 38.6 Å². The van der Waals surface area contributed by atoms with E-state index in [2.05, 4.69) is 20.8 Å². The third-order valence-electron chi connectivity index (χ3n) is 2.77. The van der Waals surface area contributed by atoms with Gasteiger partial charge in [0.1, 0.15) is 5.75 Å². The molecule has 3 nitrogen and oxygen atoms in total. The van der Waals surface area contributed by atoms with Crippen LogP contribution in [0.2, 0.25) is 0 Å². The number of halogens is 1. The van der Waals surface area contributed by atoms with E-state index < -0.39 is 11.2 Å². The molecule has 2 rings (SSSR count). The summed E-state index contributed by atoms with van der Waals surface area (Å²) in [5, 5.41) is 0. The molecule has 17 heavy (non-hydrogen) atoms. The number of benzene rings is 1. The number of rotatable bonds is 4. The molecule has 0 saturated carbocycles. The summed E-state index contributed by atoms with van der Waals surface area (Å²) in [5.41, 5.74) is 0. The van der Waals surface area contributed by atoms with Crippen LogP contribution in [-0.4, -0.2) is 48.1 Å². The normalized spacial score (nSPS) is 19.2. The predicted octanol–water partition coefficient (Wildman–Crippen LogP) is 1.89. The van der Waals surface area contributed by atoms with Gasteiger partial charge < -0.3 is 9.29 Å². The molecule has 1 unspecified atom stereocenters. The van der Waals surface area contributed by atoms with Crippen molar-refractivity contribution >= 4 is 27.1 Å². The molecule has 0 N–H and O–H groups in total. The van der Waals surface area contributed by atoms with Gasteiger partial charge in [0, 0.05) is 24.1 Å². The third kappa shape index (κ3) is 4.26. The topological polar surface area (TPSA) is 35.5 Å². The quantitative estimate of drug-likeness (QED) is 0.796. The summed E-state index contributed by atoms with van der Waals surface area (Å²) in [6, 6.07) is 7.70. The van der Waals surface area contributed by atoms with E-state index >= 15 is 0 Å². The fourth-order valence-corrected chi connectivity index (χ4v) is 3.10. The summed E-state index contributed by atoms with van der Waals surface area (Å²) in [5.74, 6) is 0.696. The molecule has 1 atom stereocenters. The number of hydrogen-bond acceptors (Lipinski definition) is 3. The summed E-state index contributed by atoms with van der Waals surface area (Å²) in [6.45, 7) is 4.39. The van der Waals surface area contributed by atoms with Gasteiger partial charge >= 0.3 is 0 Å². The number of ether oxygens (including phenoxy) is 1. The van der Waals surface area contributed by atoms with Gasteiger partial charge in [-0.3, -0.25) is 4.90 Å². The van der Waals surface area contributed by atoms with E-state index in [4.69, 9.17) is 4.74 Å². The van der Waals surface area contributed by atoms with Crippen LogP contribution >= 0.6 is 15.9 Å². The molecule has 94 valence electrons. The van der Waals surface area contributed by atoms with Gasteiger partial charge in [-0.2, -0.15) is 0 Å². The number of hydrogen-bond donors (Lipinski definition) is 0. The smallest absolute Gasteiger partial charge is 0.152 e. The van der Waals surface area contributed by atoms with Crippen molar-refractivity contribution < 1.29 is 9.29 Å². The third-order valence-corrected chi connectivity index (χ3v) is 4.65. The maximum atomic E-state index is 12.0. The highest BCUT2D eigenvalue weighted by molar-refractivity contribution is 9.10. The van der Waals surface area contributed by atoms with Gasteiger partial charge in [-0.05, 0) is 35.4 Å². The van der Waals surface area contributed by atoms with Crippen LogP contribution in [0.15, 0.2) is 33.6 Å². The Morgan fingerprint density at radius 1 is 1.24 bits per heavy atom. The maximum absolute atomic E-state index is 12.0. The standard InChI is InChI=1S/C12H16BrNO2S/c13-11-1-3-12(4-2-11)17(15)10-7-14-5-8-16-9-6-14/h1-4H,5-10H2. The zero-order chi connectivity index (χ0) is 12.1. The molecular weight excluding hydrogens is 302 g/mol. The first-order valence-corrected chi connectivity index (χ1v) is 7.81. The van der Waals surface area contributed by atoms with Gasteiger partial charge in [0.05, 0.1) is 13.2 Å². The van der Waals surface area contributed by atoms with E-state index in [9.17, 15) is 4.55 Å². The molecule has 0 radical (unpaired) electrons. The SMILES string of the molecule is [O-][S+](CCN1CCOCC1)c1ccc(Br)cc1. The van der Waals surface area contributed by atoms with Crippen LogP contribution in [-0.2, 0) is 15.9 Å². The van der Waals surface area contributed by atoms with Crippen molar-refractivity contribution in [3.63, 3.8) is 0 Å². The Morgan fingerprint density at radius 3 is 2.53 bits per heavy atom. The Bertz CT molecular complexity index is 341. The Morgan fingerprint density at radius 2 is 1.88 bits per heavy atom. The summed E-state index contributed by atoms with van der Waals surface area (Å²) in [4.78, 5) is 3.21. The van der Waals surface area contributed by atoms with Crippen LogP contribution in [0.3, 0.4) is 0 Å². The van der Waals surface area contributed by atoms with Gasteiger partial charge in [-0.15, -0.1) is 0 Å². The molecule has 0 amide bonds. The molecule has 0 spiro atoms. The molecule has 1 heterocycles. The monoisotopic (exact) mass is 317 g/mol. The molecule has 1 aromatic carbocycles. The zero-order valence-corrected chi connectivity index (χ0v) is 12.0. The van der Waals surface area contributed by atoms with E-state index in [1.54, 1.807) is 0 Å². The van der Waals surface area contributed by atoms with Crippen LogP contribution < -0.4 is 0 Å². The van der Waals surface area contributed by atoms with Gasteiger partial charge in [-0.25, -0.2) is 0 Å². The van der Waals surface area contributed by atoms with E-state index in [1.165, 1.54) is 0 Å². The Labute approximate surface area is 113 Å². The van der Waals surface area contributed by atoms with Gasteiger partial charge in [-0.1, -0.05) is 15.9 Å². The van der Waals surface area contributed by atoms with Crippen LogP contribution in [0.1, 0.15) is 0 Å². The highest BCUT2D eigenvalue weighted by Gasteiger charge is 2.15. The van der Waals surface area contributed by atoms with Crippen molar-refractivity contribution in [2.45, 2.75) is 4.90 Å². The lowest BCUT2D eigenvalue weighted by Gasteiger charge is -2.26. The Balaban J connectivity index is 1.80. The van der Waals surface area contributed by atoms with E-state index in [0.29, 0.717) is 5.75 Å². The minimum absolute atomic E-state index is 0.696. The molecule has 1 aromatic rings. The van der Waals surface area contributed by atoms with Crippen molar-refractivity contribution in [1.29, 1.82) is 0 Å². The molecule has 0 aromatic heterocycles. The maximum Gasteiger partial charge on any atom is 0.152 e. The molecule has 1 fully saturated rings. The van der Waals surface area contributed by atoms with E-state index in [1.807, 2.05) is 24.3 Å². The van der Waals surface area contributed by atoms with Crippen molar-refractivity contribution in [3.05, 3.63) is 28.7 Å². The lowest BCUT2D eigenvalue weighted by molar-refractivity contribution is 0.0408. The van der Waals surface area contributed by atoms with E-state index in [-0.39, 0.29) is 0 Å². The van der Waals surface area contributed by atoms with Gasteiger partial charge in [0.25, 0.3) is 0 Å². The fourth-order valence-electron chi connectivity index (χ4n) is 1.74. The van der Waals surface area contributed by atoms with Crippen molar-refractivity contribution in [2.24, 2.45) is 0 Å². The average molecular weight is 318 g/mol. The molecule has 5 heteroatoms. The molecule has 1 aliphatic heterocycles. The molecular formula is C12H16BrNO2S. The Hall–Kier alpha value is -0.0700. The van der Waals surface area contributed by atoms with Crippen molar-refractivity contribution in [1.82, 2.24) is 4.90 Å². The lowest BCUT2D eigenvalue weighted by Crippen LogP contribution is -2.39. The second-order valence-corrected chi connectivity index (χ2v) is 6.44. The van der Waals surface area contributed by atoms with Crippen LogP contribution in [0.5, 0.6) is 0 Å².